The molecule has 2 rings (SSSR count). The zero-order valence-electron chi connectivity index (χ0n) is 13.7. The minimum Gasteiger partial charge on any atom is -0.346 e. The molecule has 22 heavy (non-hydrogen) atoms. The Bertz CT molecular complexity index is 652. The zero-order valence-corrected chi connectivity index (χ0v) is 13.7. The van der Waals surface area contributed by atoms with Crippen LogP contribution in [-0.2, 0) is 0 Å². The number of aryl methyl sites for hydroxylation is 2. The Morgan fingerprint density at radius 1 is 1.00 bits per heavy atom. The fourth-order valence-electron chi connectivity index (χ4n) is 2.06. The molecule has 0 aliphatic carbocycles. The third-order valence-corrected chi connectivity index (χ3v) is 3.12. The molecule has 5 heteroatoms. The van der Waals surface area contributed by atoms with Gasteiger partial charge in [-0.2, -0.15) is 0 Å². The molecule has 1 aromatic carbocycles. The lowest BCUT2D eigenvalue weighted by molar-refractivity contribution is 0.0913. The quantitative estimate of drug-likeness (QED) is 0.911. The minimum absolute atomic E-state index is 0.223. The van der Waals surface area contributed by atoms with Gasteiger partial charge in [0.25, 0.3) is 5.91 Å². The second kappa shape index (κ2) is 6.13. The number of rotatable bonds is 3. The lowest BCUT2D eigenvalue weighted by atomic mass is 10.1. The number of nitrogens with one attached hydrogen (secondary N) is 2. The predicted molar refractivity (Wildman–Crippen MR) is 88.4 cm³/mol. The lowest BCUT2D eigenvalue weighted by Gasteiger charge is -2.19. The number of anilines is 2. The van der Waals surface area contributed by atoms with Gasteiger partial charge in [-0.15, -0.1) is 10.2 Å². The molecule has 2 aromatic rings. The van der Waals surface area contributed by atoms with Crippen molar-refractivity contribution in [2.45, 2.75) is 40.2 Å². The summed E-state index contributed by atoms with van der Waals surface area (Å²) in [5, 5.41) is 14.2. The molecule has 5 nitrogen and oxygen atoms in total. The second-order valence-electron chi connectivity index (χ2n) is 6.40. The van der Waals surface area contributed by atoms with Gasteiger partial charge in [0.1, 0.15) is 0 Å². The van der Waals surface area contributed by atoms with Crippen molar-refractivity contribution >= 4 is 17.4 Å². The maximum atomic E-state index is 12.0. The van der Waals surface area contributed by atoms with E-state index in [9.17, 15) is 4.79 Å². The monoisotopic (exact) mass is 298 g/mol. The molecule has 0 saturated heterocycles. The third-order valence-electron chi connectivity index (χ3n) is 3.12. The van der Waals surface area contributed by atoms with Gasteiger partial charge in [0.05, 0.1) is 0 Å². The van der Waals surface area contributed by atoms with E-state index in [-0.39, 0.29) is 11.4 Å². The summed E-state index contributed by atoms with van der Waals surface area (Å²) in [5.74, 6) is 0.392. The third kappa shape index (κ3) is 4.04. The molecule has 1 heterocycles. The SMILES string of the molecule is Cc1cccc(C)c1Nc1ccc(C(=O)NC(C)(C)C)nn1. The van der Waals surface area contributed by atoms with Gasteiger partial charge in [0.15, 0.2) is 11.5 Å². The summed E-state index contributed by atoms with van der Waals surface area (Å²) in [6.45, 7) is 9.85. The molecule has 0 bridgehead atoms. The highest BCUT2D eigenvalue weighted by Crippen LogP contribution is 2.22. The molecule has 0 aliphatic rings. The number of carbonyl (C=O) groups excluding carboxylic acids is 1. The number of amides is 1. The lowest BCUT2D eigenvalue weighted by Crippen LogP contribution is -2.41. The molecule has 1 amide bonds. The van der Waals surface area contributed by atoms with E-state index in [0.29, 0.717) is 11.5 Å². The molecule has 0 spiro atoms. The smallest absolute Gasteiger partial charge is 0.272 e. The van der Waals surface area contributed by atoms with Crippen molar-refractivity contribution in [1.29, 1.82) is 0 Å². The number of benzene rings is 1. The first-order chi connectivity index (χ1) is 10.3. The van der Waals surface area contributed by atoms with Gasteiger partial charge in [-0.25, -0.2) is 0 Å². The van der Waals surface area contributed by atoms with Crippen LogP contribution in [0.2, 0.25) is 0 Å². The van der Waals surface area contributed by atoms with Gasteiger partial charge < -0.3 is 10.6 Å². The molecule has 2 N–H and O–H groups in total. The van der Waals surface area contributed by atoms with E-state index in [0.717, 1.165) is 16.8 Å². The van der Waals surface area contributed by atoms with Crippen LogP contribution in [-0.4, -0.2) is 21.6 Å². The van der Waals surface area contributed by atoms with E-state index in [2.05, 4.69) is 20.8 Å². The molecule has 0 atom stereocenters. The number of nitrogens with zero attached hydrogens (tertiary/aromatic N) is 2. The summed E-state index contributed by atoms with van der Waals surface area (Å²) < 4.78 is 0. The Morgan fingerprint density at radius 3 is 2.14 bits per heavy atom. The topological polar surface area (TPSA) is 66.9 Å². The second-order valence-corrected chi connectivity index (χ2v) is 6.40. The molecular formula is C17H22N4O. The first kappa shape index (κ1) is 15.9. The van der Waals surface area contributed by atoms with E-state index >= 15 is 0 Å². The molecule has 0 radical (unpaired) electrons. The van der Waals surface area contributed by atoms with Crippen LogP contribution >= 0.6 is 0 Å². The van der Waals surface area contributed by atoms with Crippen LogP contribution in [0.3, 0.4) is 0 Å². The summed E-state index contributed by atoms with van der Waals surface area (Å²) in [4.78, 5) is 12.0. The number of aromatic nitrogens is 2. The Morgan fingerprint density at radius 2 is 1.64 bits per heavy atom. The first-order valence-electron chi connectivity index (χ1n) is 7.26. The Labute approximate surface area is 131 Å². The fraction of sp³-hybridized carbons (Fsp3) is 0.353. The summed E-state index contributed by atoms with van der Waals surface area (Å²) in [6.07, 6.45) is 0. The van der Waals surface area contributed by atoms with Crippen molar-refractivity contribution < 1.29 is 4.79 Å². The Hall–Kier alpha value is -2.43. The largest absolute Gasteiger partial charge is 0.346 e. The van der Waals surface area contributed by atoms with Crippen molar-refractivity contribution in [2.75, 3.05) is 5.32 Å². The number of para-hydroxylation sites is 1. The highest BCUT2D eigenvalue weighted by molar-refractivity contribution is 5.92. The van der Waals surface area contributed by atoms with Crippen LogP contribution in [0.1, 0.15) is 42.4 Å². The summed E-state index contributed by atoms with van der Waals surface area (Å²) in [7, 11) is 0. The molecule has 0 aliphatic heterocycles. The minimum atomic E-state index is -0.298. The summed E-state index contributed by atoms with van der Waals surface area (Å²) in [6, 6.07) is 9.52. The van der Waals surface area contributed by atoms with Crippen molar-refractivity contribution in [1.82, 2.24) is 15.5 Å². The number of carbonyl (C=O) groups is 1. The van der Waals surface area contributed by atoms with Crippen LogP contribution in [0.5, 0.6) is 0 Å². The molecule has 0 saturated carbocycles. The molecule has 0 unspecified atom stereocenters. The predicted octanol–water partition coefficient (Wildman–Crippen LogP) is 3.37. The van der Waals surface area contributed by atoms with Gasteiger partial charge >= 0.3 is 0 Å². The van der Waals surface area contributed by atoms with Gasteiger partial charge in [0, 0.05) is 11.2 Å². The van der Waals surface area contributed by atoms with E-state index in [4.69, 9.17) is 0 Å². The molecular weight excluding hydrogens is 276 g/mol. The molecule has 0 fully saturated rings. The van der Waals surface area contributed by atoms with Crippen molar-refractivity contribution in [3.8, 4) is 0 Å². The average Bonchev–Trinajstić information content (AvgIpc) is 2.42. The van der Waals surface area contributed by atoms with Gasteiger partial charge in [-0.3, -0.25) is 4.79 Å². The average molecular weight is 298 g/mol. The fourth-order valence-corrected chi connectivity index (χ4v) is 2.06. The Kier molecular flexibility index (Phi) is 4.45. The maximum Gasteiger partial charge on any atom is 0.272 e. The zero-order chi connectivity index (χ0) is 16.3. The van der Waals surface area contributed by atoms with Gasteiger partial charge in [-0.1, -0.05) is 18.2 Å². The molecule has 116 valence electrons. The van der Waals surface area contributed by atoms with E-state index in [1.165, 1.54) is 0 Å². The van der Waals surface area contributed by atoms with Crippen LogP contribution < -0.4 is 10.6 Å². The highest BCUT2D eigenvalue weighted by Gasteiger charge is 2.16. The summed E-state index contributed by atoms with van der Waals surface area (Å²) >= 11 is 0. The normalized spacial score (nSPS) is 11.1. The Balaban J connectivity index is 2.14. The van der Waals surface area contributed by atoms with Crippen LogP contribution in [0.4, 0.5) is 11.5 Å². The maximum absolute atomic E-state index is 12.0. The number of hydrogen-bond acceptors (Lipinski definition) is 4. The van der Waals surface area contributed by atoms with Crippen LogP contribution in [0.25, 0.3) is 0 Å². The first-order valence-corrected chi connectivity index (χ1v) is 7.26. The van der Waals surface area contributed by atoms with E-state index in [1.54, 1.807) is 12.1 Å². The van der Waals surface area contributed by atoms with Crippen molar-refractivity contribution in [3.05, 3.63) is 47.2 Å². The number of hydrogen-bond donors (Lipinski definition) is 2. The van der Waals surface area contributed by atoms with Gasteiger partial charge in [-0.05, 0) is 57.9 Å². The standard InChI is InChI=1S/C17H22N4O/c1-11-7-6-8-12(2)15(11)18-14-10-9-13(20-21-14)16(22)19-17(3,4)5/h6-10H,1-5H3,(H,18,21)(H,19,22). The molecule has 1 aromatic heterocycles. The van der Waals surface area contributed by atoms with Gasteiger partial charge in [0.2, 0.25) is 0 Å². The van der Waals surface area contributed by atoms with Crippen molar-refractivity contribution in [2.24, 2.45) is 0 Å². The van der Waals surface area contributed by atoms with E-state index in [1.807, 2.05) is 52.8 Å². The highest BCUT2D eigenvalue weighted by atomic mass is 16.2. The van der Waals surface area contributed by atoms with E-state index < -0.39 is 0 Å². The van der Waals surface area contributed by atoms with Crippen molar-refractivity contribution in [3.63, 3.8) is 0 Å². The van der Waals surface area contributed by atoms with Crippen LogP contribution in [0.15, 0.2) is 30.3 Å². The van der Waals surface area contributed by atoms with Crippen LogP contribution in [0, 0.1) is 13.8 Å². The summed E-state index contributed by atoms with van der Waals surface area (Å²) in [5.41, 5.74) is 3.30.